The predicted molar refractivity (Wildman–Crippen MR) is 66.1 cm³/mol. The summed E-state index contributed by atoms with van der Waals surface area (Å²) in [5.41, 5.74) is 0.898. The minimum absolute atomic E-state index is 0.109. The van der Waals surface area contributed by atoms with Crippen molar-refractivity contribution in [2.75, 3.05) is 19.9 Å². The first-order chi connectivity index (χ1) is 8.81. The number of amides is 1. The van der Waals surface area contributed by atoms with Gasteiger partial charge in [-0.05, 0) is 6.07 Å². The van der Waals surface area contributed by atoms with Gasteiger partial charge >= 0.3 is 0 Å². The third kappa shape index (κ3) is 2.93. The van der Waals surface area contributed by atoms with E-state index in [1.54, 1.807) is 0 Å². The Labute approximate surface area is 105 Å². The van der Waals surface area contributed by atoms with E-state index in [1.807, 2.05) is 18.2 Å². The maximum Gasteiger partial charge on any atom is 0.234 e. The van der Waals surface area contributed by atoms with E-state index in [9.17, 15) is 4.79 Å². The zero-order valence-corrected chi connectivity index (χ0v) is 9.86. The van der Waals surface area contributed by atoms with Crippen LogP contribution < -0.4 is 20.1 Å². The van der Waals surface area contributed by atoms with Crippen LogP contribution in [-0.2, 0) is 11.3 Å². The van der Waals surface area contributed by atoms with Gasteiger partial charge in [-0.3, -0.25) is 10.1 Å². The smallest absolute Gasteiger partial charge is 0.234 e. The Morgan fingerprint density at radius 1 is 1.44 bits per heavy atom. The van der Waals surface area contributed by atoms with Crippen molar-refractivity contribution in [2.45, 2.75) is 6.54 Å². The molecule has 5 nitrogen and oxygen atoms in total. The van der Waals surface area contributed by atoms with Crippen LogP contribution in [0.4, 0.5) is 0 Å². The summed E-state index contributed by atoms with van der Waals surface area (Å²) >= 11 is 0. The van der Waals surface area contributed by atoms with Crippen LogP contribution in [0.3, 0.4) is 0 Å². The van der Waals surface area contributed by atoms with Gasteiger partial charge in [0.15, 0.2) is 11.5 Å². The third-order valence-corrected chi connectivity index (χ3v) is 2.47. The molecule has 94 valence electrons. The highest BCUT2D eigenvalue weighted by molar-refractivity contribution is 5.78. The van der Waals surface area contributed by atoms with Crippen molar-refractivity contribution in [3.63, 3.8) is 0 Å². The molecule has 1 aromatic rings. The Kier molecular flexibility index (Phi) is 4.05. The van der Waals surface area contributed by atoms with Gasteiger partial charge in [0.05, 0.1) is 13.1 Å². The number of benzene rings is 1. The molecule has 0 aromatic heterocycles. The van der Waals surface area contributed by atoms with Crippen LogP contribution in [0, 0.1) is 12.3 Å². The highest BCUT2D eigenvalue weighted by Gasteiger charge is 2.17. The summed E-state index contributed by atoms with van der Waals surface area (Å²) < 4.78 is 10.6. The topological polar surface area (TPSA) is 59.6 Å². The van der Waals surface area contributed by atoms with Gasteiger partial charge in [-0.1, -0.05) is 18.1 Å². The van der Waals surface area contributed by atoms with Gasteiger partial charge in [-0.2, -0.15) is 0 Å². The van der Waals surface area contributed by atoms with Gasteiger partial charge < -0.3 is 14.8 Å². The van der Waals surface area contributed by atoms with Crippen molar-refractivity contribution >= 4 is 5.91 Å². The standard InChI is InChI=1S/C13H14N2O3/c1-2-6-14-8-12(16)15-7-10-4-3-5-11-13(10)18-9-17-11/h1,3-5,14H,6-9H2,(H,15,16). The second-order valence-electron chi connectivity index (χ2n) is 3.74. The maximum atomic E-state index is 11.5. The third-order valence-electron chi connectivity index (χ3n) is 2.47. The van der Waals surface area contributed by atoms with Crippen LogP contribution >= 0.6 is 0 Å². The molecule has 1 heterocycles. The summed E-state index contributed by atoms with van der Waals surface area (Å²) in [6.45, 7) is 1.22. The fraction of sp³-hybridized carbons (Fsp3) is 0.308. The Morgan fingerprint density at radius 3 is 3.17 bits per heavy atom. The molecular formula is C13H14N2O3. The first kappa shape index (κ1) is 12.3. The molecule has 0 unspecified atom stereocenters. The molecule has 1 aromatic carbocycles. The molecular weight excluding hydrogens is 232 g/mol. The molecule has 0 saturated heterocycles. The number of carbonyl (C=O) groups excluding carboxylic acids is 1. The summed E-state index contributed by atoms with van der Waals surface area (Å²) in [7, 11) is 0. The molecule has 0 saturated carbocycles. The Hall–Kier alpha value is -2.19. The molecule has 0 atom stereocenters. The van der Waals surface area contributed by atoms with E-state index in [1.165, 1.54) is 0 Å². The Balaban J connectivity index is 1.86. The molecule has 18 heavy (non-hydrogen) atoms. The van der Waals surface area contributed by atoms with Crippen molar-refractivity contribution in [1.82, 2.24) is 10.6 Å². The highest BCUT2D eigenvalue weighted by atomic mass is 16.7. The number of ether oxygens (including phenoxy) is 2. The molecule has 1 aliphatic heterocycles. The lowest BCUT2D eigenvalue weighted by atomic mass is 10.2. The molecule has 1 aliphatic rings. The SMILES string of the molecule is C#CCNCC(=O)NCc1cccc2c1OCO2. The van der Waals surface area contributed by atoms with Gasteiger partial charge in [0.2, 0.25) is 12.7 Å². The number of carbonyl (C=O) groups is 1. The van der Waals surface area contributed by atoms with Crippen molar-refractivity contribution in [3.05, 3.63) is 23.8 Å². The predicted octanol–water partition coefficient (Wildman–Crippen LogP) is 0.254. The zero-order valence-electron chi connectivity index (χ0n) is 9.86. The van der Waals surface area contributed by atoms with Crippen molar-refractivity contribution < 1.29 is 14.3 Å². The number of rotatable bonds is 5. The van der Waals surface area contributed by atoms with Crippen molar-refractivity contribution in [2.24, 2.45) is 0 Å². The quantitative estimate of drug-likeness (QED) is 0.578. The van der Waals surface area contributed by atoms with E-state index in [0.29, 0.717) is 24.6 Å². The molecule has 0 spiro atoms. The van der Waals surface area contributed by atoms with E-state index in [-0.39, 0.29) is 19.2 Å². The van der Waals surface area contributed by atoms with Gasteiger partial charge in [0, 0.05) is 12.1 Å². The fourth-order valence-corrected chi connectivity index (χ4v) is 1.63. The number of hydrogen-bond donors (Lipinski definition) is 2. The lowest BCUT2D eigenvalue weighted by Crippen LogP contribution is -2.33. The van der Waals surface area contributed by atoms with Gasteiger partial charge in [-0.15, -0.1) is 6.42 Å². The molecule has 0 fully saturated rings. The van der Waals surface area contributed by atoms with Crippen LogP contribution in [0.5, 0.6) is 11.5 Å². The monoisotopic (exact) mass is 246 g/mol. The highest BCUT2D eigenvalue weighted by Crippen LogP contribution is 2.35. The van der Waals surface area contributed by atoms with Crippen LogP contribution in [0.25, 0.3) is 0 Å². The summed E-state index contributed by atoms with van der Waals surface area (Å²) in [5.74, 6) is 3.71. The normalized spacial score (nSPS) is 11.9. The molecule has 2 N–H and O–H groups in total. The van der Waals surface area contributed by atoms with Gasteiger partial charge in [0.1, 0.15) is 0 Å². The minimum Gasteiger partial charge on any atom is -0.454 e. The van der Waals surface area contributed by atoms with Crippen molar-refractivity contribution in [1.29, 1.82) is 0 Å². The largest absolute Gasteiger partial charge is 0.454 e. The maximum absolute atomic E-state index is 11.5. The Bertz CT molecular complexity index is 480. The average Bonchev–Trinajstić information content (AvgIpc) is 2.85. The van der Waals surface area contributed by atoms with E-state index < -0.39 is 0 Å². The summed E-state index contributed by atoms with van der Waals surface area (Å²) in [6.07, 6.45) is 5.07. The van der Waals surface area contributed by atoms with E-state index in [2.05, 4.69) is 16.6 Å². The first-order valence-electron chi connectivity index (χ1n) is 5.59. The van der Waals surface area contributed by atoms with Crippen LogP contribution in [0.2, 0.25) is 0 Å². The lowest BCUT2D eigenvalue weighted by Gasteiger charge is -2.07. The second-order valence-corrected chi connectivity index (χ2v) is 3.74. The molecule has 1 amide bonds. The van der Waals surface area contributed by atoms with Crippen LogP contribution in [0.1, 0.15) is 5.56 Å². The summed E-state index contributed by atoms with van der Waals surface area (Å²) in [6, 6.07) is 5.59. The summed E-state index contributed by atoms with van der Waals surface area (Å²) in [4.78, 5) is 11.5. The van der Waals surface area contributed by atoms with E-state index in [4.69, 9.17) is 15.9 Å². The fourth-order valence-electron chi connectivity index (χ4n) is 1.63. The van der Waals surface area contributed by atoms with Crippen molar-refractivity contribution in [3.8, 4) is 23.8 Å². The van der Waals surface area contributed by atoms with Crippen LogP contribution in [0.15, 0.2) is 18.2 Å². The number of fused-ring (bicyclic) bond motifs is 1. The van der Waals surface area contributed by atoms with E-state index in [0.717, 1.165) is 5.56 Å². The minimum atomic E-state index is -0.109. The first-order valence-corrected chi connectivity index (χ1v) is 5.59. The molecule has 0 aliphatic carbocycles. The second kappa shape index (κ2) is 5.94. The number of terminal acetylenes is 1. The summed E-state index contributed by atoms with van der Waals surface area (Å²) in [5, 5.41) is 5.60. The Morgan fingerprint density at radius 2 is 2.33 bits per heavy atom. The van der Waals surface area contributed by atoms with Gasteiger partial charge in [-0.25, -0.2) is 0 Å². The average molecular weight is 246 g/mol. The molecule has 2 rings (SSSR count). The molecule has 0 radical (unpaired) electrons. The lowest BCUT2D eigenvalue weighted by molar-refractivity contribution is -0.120. The number of hydrogen-bond acceptors (Lipinski definition) is 4. The zero-order chi connectivity index (χ0) is 12.8. The molecule has 5 heteroatoms. The number of para-hydroxylation sites is 1. The van der Waals surface area contributed by atoms with Gasteiger partial charge in [0.25, 0.3) is 0 Å². The van der Waals surface area contributed by atoms with E-state index >= 15 is 0 Å². The van der Waals surface area contributed by atoms with Crippen LogP contribution in [-0.4, -0.2) is 25.8 Å². The molecule has 0 bridgehead atoms. The number of nitrogens with one attached hydrogen (secondary N) is 2.